The van der Waals surface area contributed by atoms with Crippen molar-refractivity contribution in [2.24, 2.45) is 4.99 Å². The molecule has 5 nitrogen and oxygen atoms in total. The van der Waals surface area contributed by atoms with Crippen molar-refractivity contribution in [3.63, 3.8) is 0 Å². The Bertz CT molecular complexity index is 602. The van der Waals surface area contributed by atoms with Gasteiger partial charge in [0, 0.05) is 36.4 Å². The number of rotatable bonds is 7. The van der Waals surface area contributed by atoms with Crippen LogP contribution in [0.1, 0.15) is 5.69 Å². The molecule has 0 aliphatic heterocycles. The zero-order chi connectivity index (χ0) is 16.3. The SMILES string of the molecule is CN=C(NCCOc1ccc(Br)cc1)NCCc1ccccn1. The molecule has 2 rings (SSSR count). The quantitative estimate of drug-likeness (QED) is 0.443. The summed E-state index contributed by atoms with van der Waals surface area (Å²) in [6.07, 6.45) is 2.67. The lowest BCUT2D eigenvalue weighted by Gasteiger charge is -2.12. The van der Waals surface area contributed by atoms with E-state index in [1.807, 2.05) is 48.7 Å². The maximum absolute atomic E-state index is 5.65. The molecule has 23 heavy (non-hydrogen) atoms. The number of guanidine groups is 1. The van der Waals surface area contributed by atoms with Crippen LogP contribution in [0.5, 0.6) is 5.75 Å². The number of ether oxygens (including phenoxy) is 1. The monoisotopic (exact) mass is 376 g/mol. The van der Waals surface area contributed by atoms with Gasteiger partial charge in [0.2, 0.25) is 0 Å². The van der Waals surface area contributed by atoms with Crippen LogP contribution >= 0.6 is 15.9 Å². The fraction of sp³-hybridized carbons (Fsp3) is 0.294. The molecule has 1 heterocycles. The molecule has 0 radical (unpaired) electrons. The molecule has 0 atom stereocenters. The average molecular weight is 377 g/mol. The third-order valence-corrected chi connectivity index (χ3v) is 3.63. The predicted molar refractivity (Wildman–Crippen MR) is 96.9 cm³/mol. The van der Waals surface area contributed by atoms with Gasteiger partial charge in [0.25, 0.3) is 0 Å². The van der Waals surface area contributed by atoms with Gasteiger partial charge in [0.1, 0.15) is 12.4 Å². The van der Waals surface area contributed by atoms with Gasteiger partial charge in [0.05, 0.1) is 6.54 Å². The van der Waals surface area contributed by atoms with Crippen LogP contribution in [0.2, 0.25) is 0 Å². The van der Waals surface area contributed by atoms with E-state index in [9.17, 15) is 0 Å². The number of nitrogens with zero attached hydrogens (tertiary/aromatic N) is 2. The Morgan fingerprint density at radius 2 is 1.91 bits per heavy atom. The molecule has 2 aromatic rings. The van der Waals surface area contributed by atoms with Crippen molar-refractivity contribution in [2.75, 3.05) is 26.7 Å². The van der Waals surface area contributed by atoms with Crippen LogP contribution in [0, 0.1) is 0 Å². The van der Waals surface area contributed by atoms with Gasteiger partial charge in [-0.25, -0.2) is 0 Å². The Balaban J connectivity index is 1.62. The van der Waals surface area contributed by atoms with Gasteiger partial charge in [-0.2, -0.15) is 0 Å². The summed E-state index contributed by atoms with van der Waals surface area (Å²) in [5.74, 6) is 1.62. The third-order valence-electron chi connectivity index (χ3n) is 3.10. The van der Waals surface area contributed by atoms with E-state index in [4.69, 9.17) is 4.74 Å². The maximum atomic E-state index is 5.65. The highest BCUT2D eigenvalue weighted by Crippen LogP contribution is 2.15. The molecular weight excluding hydrogens is 356 g/mol. The molecule has 1 aromatic heterocycles. The van der Waals surface area contributed by atoms with E-state index < -0.39 is 0 Å². The fourth-order valence-electron chi connectivity index (χ4n) is 1.94. The van der Waals surface area contributed by atoms with Gasteiger partial charge in [-0.1, -0.05) is 22.0 Å². The highest BCUT2D eigenvalue weighted by Gasteiger charge is 1.99. The molecule has 6 heteroatoms. The minimum absolute atomic E-state index is 0.572. The number of pyridine rings is 1. The lowest BCUT2D eigenvalue weighted by atomic mass is 10.3. The Kier molecular flexibility index (Phi) is 7.39. The van der Waals surface area contributed by atoms with Crippen LogP contribution in [-0.2, 0) is 6.42 Å². The van der Waals surface area contributed by atoms with E-state index in [1.165, 1.54) is 0 Å². The van der Waals surface area contributed by atoms with Crippen molar-refractivity contribution in [2.45, 2.75) is 6.42 Å². The highest BCUT2D eigenvalue weighted by molar-refractivity contribution is 9.10. The normalized spacial score (nSPS) is 11.1. The molecule has 2 N–H and O–H groups in total. The van der Waals surface area contributed by atoms with Gasteiger partial charge >= 0.3 is 0 Å². The molecule has 1 aromatic carbocycles. The molecule has 0 unspecified atom stereocenters. The Hall–Kier alpha value is -2.08. The highest BCUT2D eigenvalue weighted by atomic mass is 79.9. The molecule has 0 aliphatic rings. The van der Waals surface area contributed by atoms with Gasteiger partial charge < -0.3 is 15.4 Å². The van der Waals surface area contributed by atoms with Crippen LogP contribution in [0.3, 0.4) is 0 Å². The van der Waals surface area contributed by atoms with Crippen LogP contribution in [0.25, 0.3) is 0 Å². The van der Waals surface area contributed by atoms with Gasteiger partial charge in [-0.15, -0.1) is 0 Å². The van der Waals surface area contributed by atoms with Crippen molar-refractivity contribution in [3.8, 4) is 5.75 Å². The Labute approximate surface area is 145 Å². The number of aliphatic imine (C=N–C) groups is 1. The van der Waals surface area contributed by atoms with Crippen LogP contribution in [0.4, 0.5) is 0 Å². The minimum Gasteiger partial charge on any atom is -0.492 e. The lowest BCUT2D eigenvalue weighted by Crippen LogP contribution is -2.40. The zero-order valence-electron chi connectivity index (χ0n) is 13.1. The Morgan fingerprint density at radius 1 is 1.13 bits per heavy atom. The van der Waals surface area contributed by atoms with E-state index in [0.717, 1.165) is 34.8 Å². The summed E-state index contributed by atoms with van der Waals surface area (Å²) in [6.45, 7) is 2.03. The van der Waals surface area contributed by atoms with Crippen molar-refractivity contribution in [3.05, 3.63) is 58.8 Å². The van der Waals surface area contributed by atoms with Gasteiger partial charge in [0.15, 0.2) is 5.96 Å². The molecule has 0 bridgehead atoms. The second kappa shape index (κ2) is 9.84. The first kappa shape index (κ1) is 17.3. The summed E-state index contributed by atoms with van der Waals surface area (Å²) >= 11 is 3.40. The van der Waals surface area contributed by atoms with Crippen molar-refractivity contribution < 1.29 is 4.74 Å². The summed E-state index contributed by atoms with van der Waals surface area (Å²) in [6, 6.07) is 13.7. The van der Waals surface area contributed by atoms with Crippen LogP contribution in [0.15, 0.2) is 58.1 Å². The summed E-state index contributed by atoms with van der Waals surface area (Å²) in [5, 5.41) is 6.48. The van der Waals surface area contributed by atoms with E-state index >= 15 is 0 Å². The molecule has 0 spiro atoms. The number of hydrogen-bond donors (Lipinski definition) is 2. The number of benzene rings is 1. The lowest BCUT2D eigenvalue weighted by molar-refractivity contribution is 0.322. The molecule has 0 amide bonds. The first-order chi connectivity index (χ1) is 11.3. The first-order valence-electron chi connectivity index (χ1n) is 7.51. The van der Waals surface area contributed by atoms with Crippen LogP contribution in [-0.4, -0.2) is 37.7 Å². The van der Waals surface area contributed by atoms with E-state index in [-0.39, 0.29) is 0 Å². The third kappa shape index (κ3) is 6.69. The second-order valence-electron chi connectivity index (χ2n) is 4.80. The summed E-state index contributed by atoms with van der Waals surface area (Å²) in [5.41, 5.74) is 1.06. The zero-order valence-corrected chi connectivity index (χ0v) is 14.7. The number of aromatic nitrogens is 1. The van der Waals surface area contributed by atoms with Crippen molar-refractivity contribution >= 4 is 21.9 Å². The number of nitrogens with one attached hydrogen (secondary N) is 2. The van der Waals surface area contributed by atoms with Crippen molar-refractivity contribution in [1.29, 1.82) is 0 Å². The molecule has 0 aliphatic carbocycles. The van der Waals surface area contributed by atoms with E-state index in [1.54, 1.807) is 7.05 Å². The standard InChI is InChI=1S/C17H21BrN4O/c1-19-17(21-11-9-15-4-2-3-10-20-15)22-12-13-23-16-7-5-14(18)6-8-16/h2-8,10H,9,11-13H2,1H3,(H2,19,21,22). The minimum atomic E-state index is 0.572. The maximum Gasteiger partial charge on any atom is 0.191 e. The van der Waals surface area contributed by atoms with Crippen LogP contribution < -0.4 is 15.4 Å². The number of hydrogen-bond acceptors (Lipinski definition) is 3. The molecule has 0 saturated heterocycles. The fourth-order valence-corrected chi connectivity index (χ4v) is 2.21. The largest absolute Gasteiger partial charge is 0.492 e. The smallest absolute Gasteiger partial charge is 0.191 e. The number of halogens is 1. The average Bonchev–Trinajstić information content (AvgIpc) is 2.59. The Morgan fingerprint density at radius 3 is 2.61 bits per heavy atom. The molecule has 0 saturated carbocycles. The molecular formula is C17H21BrN4O. The van der Waals surface area contributed by atoms with E-state index in [2.05, 4.69) is 36.5 Å². The first-order valence-corrected chi connectivity index (χ1v) is 8.30. The summed E-state index contributed by atoms with van der Waals surface area (Å²) in [4.78, 5) is 8.48. The summed E-state index contributed by atoms with van der Waals surface area (Å²) < 4.78 is 6.70. The predicted octanol–water partition coefficient (Wildman–Crippen LogP) is 2.63. The molecule has 122 valence electrons. The summed E-state index contributed by atoms with van der Waals surface area (Å²) in [7, 11) is 1.76. The van der Waals surface area contributed by atoms with Gasteiger partial charge in [-0.05, 0) is 36.4 Å². The molecule has 0 fully saturated rings. The topological polar surface area (TPSA) is 58.5 Å². The second-order valence-corrected chi connectivity index (χ2v) is 5.71. The van der Waals surface area contributed by atoms with Gasteiger partial charge in [-0.3, -0.25) is 9.98 Å². The van der Waals surface area contributed by atoms with E-state index in [0.29, 0.717) is 13.2 Å². The van der Waals surface area contributed by atoms with Crippen molar-refractivity contribution in [1.82, 2.24) is 15.6 Å².